The van der Waals surface area contributed by atoms with Gasteiger partial charge >= 0.3 is 0 Å². The second kappa shape index (κ2) is 7.52. The molecule has 7 heteroatoms. The molecule has 12 heavy (non-hydrogen) atoms. The van der Waals surface area contributed by atoms with E-state index in [1.165, 1.54) is 0 Å². The van der Waals surface area contributed by atoms with E-state index in [2.05, 4.69) is 10.6 Å². The van der Waals surface area contributed by atoms with E-state index in [0.717, 1.165) is 5.01 Å². The number of rotatable bonds is 5. The smallest absolute Gasteiger partial charge is 0.192 e. The van der Waals surface area contributed by atoms with Crippen molar-refractivity contribution in [3.63, 3.8) is 0 Å². The third-order valence-electron chi connectivity index (χ3n) is 1.00. The van der Waals surface area contributed by atoms with Gasteiger partial charge in [-0.25, -0.2) is 5.01 Å². The van der Waals surface area contributed by atoms with Crippen LogP contribution in [0.25, 0.3) is 0 Å². The normalized spacial score (nSPS) is 9.17. The van der Waals surface area contributed by atoms with Gasteiger partial charge in [-0.05, 0) is 12.2 Å². The standard InChI is InChI=1S/C5H9Cl2N3OS/c6-1-3-8-5(12)10(9-11)4-2-7/h1-4H2,(H,8,12). The topological polar surface area (TPSA) is 44.7 Å². The summed E-state index contributed by atoms with van der Waals surface area (Å²) in [5.41, 5.74) is 0. The molecule has 1 N–H and O–H groups in total. The first kappa shape index (κ1) is 11.9. The van der Waals surface area contributed by atoms with Crippen LogP contribution in [-0.2, 0) is 0 Å². The van der Waals surface area contributed by atoms with E-state index in [1.807, 2.05) is 0 Å². The zero-order valence-corrected chi connectivity index (χ0v) is 8.62. The van der Waals surface area contributed by atoms with Crippen LogP contribution in [0.2, 0.25) is 0 Å². The highest BCUT2D eigenvalue weighted by molar-refractivity contribution is 7.80. The van der Waals surface area contributed by atoms with Crippen molar-refractivity contribution in [2.75, 3.05) is 24.8 Å². The predicted molar refractivity (Wildman–Crippen MR) is 54.5 cm³/mol. The lowest BCUT2D eigenvalue weighted by molar-refractivity contribution is 0.459. The van der Waals surface area contributed by atoms with Crippen LogP contribution in [0.4, 0.5) is 0 Å². The molecule has 0 rings (SSSR count). The number of hydrogen-bond acceptors (Lipinski definition) is 3. The molecule has 0 fully saturated rings. The number of nitroso groups, excluding NO2 is 1. The van der Waals surface area contributed by atoms with Gasteiger partial charge < -0.3 is 5.32 Å². The van der Waals surface area contributed by atoms with Gasteiger partial charge in [0.2, 0.25) is 0 Å². The van der Waals surface area contributed by atoms with E-state index in [0.29, 0.717) is 24.8 Å². The summed E-state index contributed by atoms with van der Waals surface area (Å²) in [4.78, 5) is 10.2. The van der Waals surface area contributed by atoms with Crippen LogP contribution in [0.5, 0.6) is 0 Å². The lowest BCUT2D eigenvalue weighted by Gasteiger charge is -2.14. The largest absolute Gasteiger partial charge is 0.360 e. The van der Waals surface area contributed by atoms with E-state index in [-0.39, 0.29) is 5.11 Å². The van der Waals surface area contributed by atoms with Crippen molar-refractivity contribution in [3.05, 3.63) is 4.91 Å². The highest BCUT2D eigenvalue weighted by atomic mass is 35.5. The van der Waals surface area contributed by atoms with Crippen LogP contribution < -0.4 is 5.32 Å². The van der Waals surface area contributed by atoms with E-state index in [9.17, 15) is 4.91 Å². The van der Waals surface area contributed by atoms with Crippen molar-refractivity contribution in [1.29, 1.82) is 0 Å². The minimum atomic E-state index is 0.256. The average Bonchev–Trinajstić information content (AvgIpc) is 2.10. The summed E-state index contributed by atoms with van der Waals surface area (Å²) in [5, 5.41) is 6.76. The molecule has 0 radical (unpaired) electrons. The fourth-order valence-electron chi connectivity index (χ4n) is 0.505. The summed E-state index contributed by atoms with van der Waals surface area (Å²) in [6, 6.07) is 0. The van der Waals surface area contributed by atoms with Crippen LogP contribution in [0, 0.1) is 4.91 Å². The van der Waals surface area contributed by atoms with Gasteiger partial charge in [0.05, 0.1) is 11.8 Å². The Labute approximate surface area is 86.1 Å². The van der Waals surface area contributed by atoms with Crippen LogP contribution in [0.3, 0.4) is 0 Å². The van der Waals surface area contributed by atoms with Crippen molar-refractivity contribution < 1.29 is 0 Å². The second-order valence-electron chi connectivity index (χ2n) is 1.81. The molecule has 0 spiro atoms. The molecule has 0 atom stereocenters. The Balaban J connectivity index is 3.77. The van der Waals surface area contributed by atoms with E-state index >= 15 is 0 Å². The molecule has 0 aliphatic carbocycles. The maximum Gasteiger partial charge on any atom is 0.192 e. The molecule has 0 amide bonds. The molecular weight excluding hydrogens is 221 g/mol. The summed E-state index contributed by atoms with van der Waals surface area (Å²) in [6.07, 6.45) is 0. The Hall–Kier alpha value is -0.130. The summed E-state index contributed by atoms with van der Waals surface area (Å²) in [6.45, 7) is 0.813. The number of hydrogen-bond donors (Lipinski definition) is 1. The highest BCUT2D eigenvalue weighted by Crippen LogP contribution is 1.92. The van der Waals surface area contributed by atoms with E-state index in [4.69, 9.17) is 35.4 Å². The lowest BCUT2D eigenvalue weighted by atomic mass is 10.7. The van der Waals surface area contributed by atoms with Gasteiger partial charge in [-0.15, -0.1) is 28.1 Å². The first-order valence-corrected chi connectivity index (χ1v) is 4.74. The number of thiocarbonyl (C=S) groups is 1. The van der Waals surface area contributed by atoms with Crippen LogP contribution in [0.15, 0.2) is 5.29 Å². The van der Waals surface area contributed by atoms with Crippen molar-refractivity contribution in [1.82, 2.24) is 10.3 Å². The fourth-order valence-corrected chi connectivity index (χ4v) is 0.986. The van der Waals surface area contributed by atoms with Crippen molar-refractivity contribution in [3.8, 4) is 0 Å². The van der Waals surface area contributed by atoms with Gasteiger partial charge in [0.15, 0.2) is 5.11 Å². The molecule has 0 saturated carbocycles. The number of alkyl halides is 2. The zero-order valence-electron chi connectivity index (χ0n) is 6.30. The number of nitrogens with one attached hydrogen (secondary N) is 1. The average molecular weight is 230 g/mol. The van der Waals surface area contributed by atoms with Crippen molar-refractivity contribution in [2.24, 2.45) is 5.29 Å². The molecular formula is C5H9Cl2N3OS. The summed E-state index contributed by atoms with van der Waals surface area (Å²) < 4.78 is 0. The molecule has 0 bridgehead atoms. The van der Waals surface area contributed by atoms with Gasteiger partial charge in [-0.1, -0.05) is 0 Å². The molecule has 0 aromatic rings. The Morgan fingerprint density at radius 1 is 1.50 bits per heavy atom. The SMILES string of the molecule is O=NN(CCCl)C(=S)NCCCl. The van der Waals surface area contributed by atoms with Crippen LogP contribution >= 0.6 is 35.4 Å². The quantitative estimate of drug-likeness (QED) is 0.335. The highest BCUT2D eigenvalue weighted by Gasteiger charge is 2.07. The maximum atomic E-state index is 10.2. The molecule has 0 heterocycles. The van der Waals surface area contributed by atoms with Crippen LogP contribution in [0.1, 0.15) is 0 Å². The first-order valence-electron chi connectivity index (χ1n) is 3.26. The first-order chi connectivity index (χ1) is 5.76. The number of halogens is 2. The molecule has 0 unspecified atom stereocenters. The van der Waals surface area contributed by atoms with Gasteiger partial charge in [0.25, 0.3) is 0 Å². The fraction of sp³-hybridized carbons (Fsp3) is 0.800. The Bertz CT molecular complexity index is 158. The second-order valence-corrected chi connectivity index (χ2v) is 2.96. The van der Waals surface area contributed by atoms with Crippen LogP contribution in [-0.4, -0.2) is 35.0 Å². The molecule has 0 aromatic carbocycles. The van der Waals surface area contributed by atoms with Gasteiger partial charge in [-0.2, -0.15) is 0 Å². The molecule has 70 valence electrons. The third-order valence-corrected chi connectivity index (χ3v) is 1.71. The summed E-state index contributed by atoms with van der Waals surface area (Å²) in [5.74, 6) is 0.724. The van der Waals surface area contributed by atoms with Crippen molar-refractivity contribution in [2.45, 2.75) is 0 Å². The Kier molecular flexibility index (Phi) is 7.43. The number of nitrogens with zero attached hydrogens (tertiary/aromatic N) is 2. The van der Waals surface area contributed by atoms with Gasteiger partial charge in [-0.3, -0.25) is 0 Å². The summed E-state index contributed by atoms with van der Waals surface area (Å²) in [7, 11) is 0. The Morgan fingerprint density at radius 3 is 2.58 bits per heavy atom. The predicted octanol–water partition coefficient (Wildman–Crippen LogP) is 1.32. The molecule has 0 aliphatic heterocycles. The molecule has 0 aliphatic rings. The van der Waals surface area contributed by atoms with Crippen molar-refractivity contribution >= 4 is 40.5 Å². The van der Waals surface area contributed by atoms with Gasteiger partial charge in [0, 0.05) is 18.3 Å². The Morgan fingerprint density at radius 2 is 2.17 bits per heavy atom. The minimum Gasteiger partial charge on any atom is -0.360 e. The maximum absolute atomic E-state index is 10.2. The molecule has 0 aromatic heterocycles. The monoisotopic (exact) mass is 229 g/mol. The third kappa shape index (κ3) is 4.69. The molecule has 4 nitrogen and oxygen atoms in total. The van der Waals surface area contributed by atoms with E-state index < -0.39 is 0 Å². The van der Waals surface area contributed by atoms with Gasteiger partial charge in [0.1, 0.15) is 0 Å². The molecule has 0 saturated heterocycles. The minimum absolute atomic E-state index is 0.256. The lowest BCUT2D eigenvalue weighted by Crippen LogP contribution is -2.37. The summed E-state index contributed by atoms with van der Waals surface area (Å²) >= 11 is 15.6. The zero-order chi connectivity index (χ0) is 9.40. The van der Waals surface area contributed by atoms with E-state index in [1.54, 1.807) is 0 Å².